The fourth-order valence-electron chi connectivity index (χ4n) is 2.60. The topological polar surface area (TPSA) is 121 Å². The van der Waals surface area contributed by atoms with Crippen molar-refractivity contribution in [1.82, 2.24) is 0 Å². The molecule has 0 saturated carbocycles. The molecule has 154 valence electrons. The molecule has 0 unspecified atom stereocenters. The number of nitrogens with one attached hydrogen (secondary N) is 1. The number of furan rings is 1. The molecular weight excluding hydrogens is 392 g/mol. The van der Waals surface area contributed by atoms with E-state index in [1.807, 2.05) is 0 Å². The van der Waals surface area contributed by atoms with Crippen molar-refractivity contribution in [3.8, 4) is 11.5 Å². The van der Waals surface area contributed by atoms with Gasteiger partial charge in [0.15, 0.2) is 11.5 Å². The molecule has 9 nitrogen and oxygen atoms in total. The van der Waals surface area contributed by atoms with Crippen LogP contribution in [0, 0.1) is 10.1 Å². The van der Waals surface area contributed by atoms with Gasteiger partial charge in [0.25, 0.3) is 11.6 Å². The highest BCUT2D eigenvalue weighted by molar-refractivity contribution is 6.03. The zero-order chi connectivity index (χ0) is 21.7. The molecule has 0 radical (unpaired) electrons. The van der Waals surface area contributed by atoms with E-state index in [1.165, 1.54) is 38.3 Å². The van der Waals surface area contributed by atoms with Gasteiger partial charge in [0.1, 0.15) is 29.6 Å². The van der Waals surface area contributed by atoms with Gasteiger partial charge >= 0.3 is 0 Å². The monoisotopic (exact) mass is 410 g/mol. The molecule has 1 N–H and O–H groups in total. The molecule has 1 amide bonds. The maximum atomic E-state index is 12.4. The van der Waals surface area contributed by atoms with Crippen LogP contribution in [-0.4, -0.2) is 23.7 Å². The lowest BCUT2D eigenvalue weighted by molar-refractivity contribution is -0.384. The Bertz CT molecular complexity index is 1090. The first-order valence-electron chi connectivity index (χ1n) is 8.83. The van der Waals surface area contributed by atoms with E-state index in [0.29, 0.717) is 22.8 Å². The number of benzene rings is 2. The van der Waals surface area contributed by atoms with Gasteiger partial charge in [-0.3, -0.25) is 19.7 Å². The molecule has 9 heteroatoms. The SMILES string of the molecule is COc1ccc(NC(=O)c2ccc(COc3ccc(C(C)=O)cc3)o2)c([N+](=O)[O-])c1. The molecule has 1 aromatic heterocycles. The molecule has 2 aromatic carbocycles. The largest absolute Gasteiger partial charge is 0.496 e. The number of hydrogen-bond donors (Lipinski definition) is 1. The zero-order valence-electron chi connectivity index (χ0n) is 16.2. The molecule has 0 fully saturated rings. The minimum Gasteiger partial charge on any atom is -0.496 e. The average molecular weight is 410 g/mol. The van der Waals surface area contributed by atoms with Crippen LogP contribution in [0.4, 0.5) is 11.4 Å². The number of ether oxygens (including phenoxy) is 2. The second kappa shape index (κ2) is 8.91. The first kappa shape index (κ1) is 20.6. The Kier molecular flexibility index (Phi) is 6.11. The minimum absolute atomic E-state index is 0.0190. The normalized spacial score (nSPS) is 10.3. The lowest BCUT2D eigenvalue weighted by atomic mass is 10.1. The van der Waals surface area contributed by atoms with Crippen LogP contribution in [0.2, 0.25) is 0 Å². The Morgan fingerprint density at radius 2 is 1.77 bits per heavy atom. The van der Waals surface area contributed by atoms with Gasteiger partial charge in [0.2, 0.25) is 0 Å². The third-order valence-corrected chi connectivity index (χ3v) is 4.18. The summed E-state index contributed by atoms with van der Waals surface area (Å²) in [6.45, 7) is 1.54. The summed E-state index contributed by atoms with van der Waals surface area (Å²) in [6.07, 6.45) is 0. The van der Waals surface area contributed by atoms with Gasteiger partial charge in [-0.25, -0.2) is 0 Å². The number of nitro benzene ring substituents is 1. The highest BCUT2D eigenvalue weighted by atomic mass is 16.6. The number of ketones is 1. The molecule has 0 aliphatic carbocycles. The summed E-state index contributed by atoms with van der Waals surface area (Å²) in [5.41, 5.74) is 0.296. The van der Waals surface area contributed by atoms with E-state index in [9.17, 15) is 19.7 Å². The third kappa shape index (κ3) is 4.82. The fraction of sp³-hybridized carbons (Fsp3) is 0.143. The molecular formula is C21H18N2O7. The molecule has 0 atom stereocenters. The summed E-state index contributed by atoms with van der Waals surface area (Å²) in [5, 5.41) is 13.7. The number of Topliss-reactive ketones (excluding diaryl/α,β-unsaturated/α-hetero) is 1. The van der Waals surface area contributed by atoms with E-state index in [1.54, 1.807) is 30.3 Å². The molecule has 0 aliphatic rings. The number of hydrogen-bond acceptors (Lipinski definition) is 7. The van der Waals surface area contributed by atoms with E-state index in [0.717, 1.165) is 0 Å². The number of methoxy groups -OCH3 is 1. The average Bonchev–Trinajstić information content (AvgIpc) is 3.22. The third-order valence-electron chi connectivity index (χ3n) is 4.18. The van der Waals surface area contributed by atoms with Crippen LogP contribution < -0.4 is 14.8 Å². The van der Waals surface area contributed by atoms with Crippen molar-refractivity contribution in [3.05, 3.63) is 81.8 Å². The quantitative estimate of drug-likeness (QED) is 0.335. The van der Waals surface area contributed by atoms with Crippen LogP contribution in [0.25, 0.3) is 0 Å². The van der Waals surface area contributed by atoms with Gasteiger partial charge in [0, 0.05) is 5.56 Å². The van der Waals surface area contributed by atoms with E-state index < -0.39 is 10.8 Å². The van der Waals surface area contributed by atoms with Gasteiger partial charge in [0.05, 0.1) is 18.1 Å². The first-order chi connectivity index (χ1) is 14.4. The van der Waals surface area contributed by atoms with Crippen molar-refractivity contribution in [2.45, 2.75) is 13.5 Å². The highest BCUT2D eigenvalue weighted by Crippen LogP contribution is 2.29. The van der Waals surface area contributed by atoms with Crippen molar-refractivity contribution in [1.29, 1.82) is 0 Å². The molecule has 0 saturated heterocycles. The zero-order valence-corrected chi connectivity index (χ0v) is 16.2. The van der Waals surface area contributed by atoms with Crippen LogP contribution in [0.3, 0.4) is 0 Å². The molecule has 0 aliphatic heterocycles. The van der Waals surface area contributed by atoms with Crippen LogP contribution in [0.1, 0.15) is 33.6 Å². The molecule has 30 heavy (non-hydrogen) atoms. The van der Waals surface area contributed by atoms with Crippen molar-refractivity contribution >= 4 is 23.1 Å². The summed E-state index contributed by atoms with van der Waals surface area (Å²) in [7, 11) is 1.39. The number of anilines is 1. The van der Waals surface area contributed by atoms with Crippen LogP contribution in [-0.2, 0) is 6.61 Å². The second-order valence-electron chi connectivity index (χ2n) is 6.23. The Hall–Kier alpha value is -4.14. The van der Waals surface area contributed by atoms with Crippen LogP contribution in [0.5, 0.6) is 11.5 Å². The summed E-state index contributed by atoms with van der Waals surface area (Å²) in [6, 6.07) is 13.7. The van der Waals surface area contributed by atoms with Gasteiger partial charge < -0.3 is 19.2 Å². The Labute approximate surface area is 171 Å². The number of carbonyl (C=O) groups excluding carboxylic acids is 2. The molecule has 0 bridgehead atoms. The van der Waals surface area contributed by atoms with Crippen molar-refractivity contribution in [2.75, 3.05) is 12.4 Å². The Balaban J connectivity index is 1.65. The van der Waals surface area contributed by atoms with Crippen LogP contribution >= 0.6 is 0 Å². The first-order valence-corrected chi connectivity index (χ1v) is 8.83. The van der Waals surface area contributed by atoms with E-state index in [2.05, 4.69) is 5.32 Å². The number of amides is 1. The number of nitro groups is 1. The summed E-state index contributed by atoms with van der Waals surface area (Å²) in [5.74, 6) is 0.524. The van der Waals surface area contributed by atoms with E-state index in [-0.39, 0.29) is 29.5 Å². The smallest absolute Gasteiger partial charge is 0.296 e. The van der Waals surface area contributed by atoms with Gasteiger partial charge in [-0.2, -0.15) is 0 Å². The van der Waals surface area contributed by atoms with Crippen molar-refractivity contribution < 1.29 is 28.4 Å². The van der Waals surface area contributed by atoms with E-state index >= 15 is 0 Å². The fourth-order valence-corrected chi connectivity index (χ4v) is 2.60. The Morgan fingerprint density at radius 1 is 1.07 bits per heavy atom. The summed E-state index contributed by atoms with van der Waals surface area (Å²) in [4.78, 5) is 34.3. The van der Waals surface area contributed by atoms with Crippen molar-refractivity contribution in [3.63, 3.8) is 0 Å². The lowest BCUT2D eigenvalue weighted by Crippen LogP contribution is -2.12. The summed E-state index contributed by atoms with van der Waals surface area (Å²) >= 11 is 0. The molecule has 0 spiro atoms. The van der Waals surface area contributed by atoms with Crippen molar-refractivity contribution in [2.24, 2.45) is 0 Å². The standard InChI is InChI=1S/C21H18N2O7/c1-13(24)14-3-5-15(6-4-14)29-12-17-8-10-20(30-17)21(25)22-18-9-7-16(28-2)11-19(18)23(26)27/h3-11H,12H2,1-2H3,(H,22,25). The number of carbonyl (C=O) groups is 2. The molecule has 1 heterocycles. The predicted octanol–water partition coefficient (Wildman–Crippen LogP) is 4.23. The maximum absolute atomic E-state index is 12.4. The van der Waals surface area contributed by atoms with E-state index in [4.69, 9.17) is 13.9 Å². The number of nitrogens with zero attached hydrogens (tertiary/aromatic N) is 1. The minimum atomic E-state index is -0.639. The maximum Gasteiger partial charge on any atom is 0.296 e. The van der Waals surface area contributed by atoms with Gasteiger partial charge in [-0.05, 0) is 55.5 Å². The Morgan fingerprint density at radius 3 is 2.40 bits per heavy atom. The second-order valence-corrected chi connectivity index (χ2v) is 6.23. The van der Waals surface area contributed by atoms with Gasteiger partial charge in [-0.15, -0.1) is 0 Å². The predicted molar refractivity (Wildman–Crippen MR) is 107 cm³/mol. The molecule has 3 rings (SSSR count). The number of rotatable bonds is 8. The lowest BCUT2D eigenvalue weighted by Gasteiger charge is -2.06. The molecule has 3 aromatic rings. The summed E-state index contributed by atoms with van der Waals surface area (Å²) < 4.78 is 16.0. The highest BCUT2D eigenvalue weighted by Gasteiger charge is 2.19. The van der Waals surface area contributed by atoms with Gasteiger partial charge in [-0.1, -0.05) is 0 Å². The van der Waals surface area contributed by atoms with Crippen LogP contribution in [0.15, 0.2) is 59.0 Å².